The Morgan fingerprint density at radius 3 is 2.34 bits per heavy atom. The molecular formula is C31H47ClN4O5. The van der Waals surface area contributed by atoms with Gasteiger partial charge >= 0.3 is 6.09 Å². The minimum atomic E-state index is -0.951. The lowest BCUT2D eigenvalue weighted by Gasteiger charge is -2.30. The summed E-state index contributed by atoms with van der Waals surface area (Å²) in [6, 6.07) is 5.76. The van der Waals surface area contributed by atoms with E-state index in [9.17, 15) is 19.2 Å². The molecule has 0 spiro atoms. The van der Waals surface area contributed by atoms with Gasteiger partial charge in [-0.1, -0.05) is 69.2 Å². The van der Waals surface area contributed by atoms with Crippen molar-refractivity contribution < 1.29 is 23.9 Å². The summed E-state index contributed by atoms with van der Waals surface area (Å²) in [4.78, 5) is 54.3. The quantitative estimate of drug-likeness (QED) is 0.256. The van der Waals surface area contributed by atoms with Gasteiger partial charge in [0, 0.05) is 18.1 Å². The molecule has 1 saturated carbocycles. The maximum absolute atomic E-state index is 13.7. The van der Waals surface area contributed by atoms with Crippen LogP contribution >= 0.6 is 11.6 Å². The molecule has 1 heterocycles. The van der Waals surface area contributed by atoms with Crippen LogP contribution in [0, 0.1) is 0 Å². The maximum Gasteiger partial charge on any atom is 0.408 e. The minimum absolute atomic E-state index is 0.232. The Morgan fingerprint density at radius 1 is 1.05 bits per heavy atom. The predicted octanol–water partition coefficient (Wildman–Crippen LogP) is 5.24. The van der Waals surface area contributed by atoms with Gasteiger partial charge in [-0.05, 0) is 70.6 Å². The normalized spacial score (nSPS) is 18.4. The molecule has 1 aromatic rings. The van der Waals surface area contributed by atoms with Crippen molar-refractivity contribution in [2.45, 2.75) is 128 Å². The molecule has 1 aliphatic heterocycles. The summed E-state index contributed by atoms with van der Waals surface area (Å²) in [5.41, 5.74) is -0.736. The van der Waals surface area contributed by atoms with E-state index >= 15 is 0 Å². The molecule has 1 aliphatic carbocycles. The van der Waals surface area contributed by atoms with Crippen molar-refractivity contribution in [2.24, 2.45) is 0 Å². The summed E-state index contributed by atoms with van der Waals surface area (Å²) in [6.45, 7) is 8.25. The van der Waals surface area contributed by atoms with E-state index in [4.69, 9.17) is 16.3 Å². The first-order valence-electron chi connectivity index (χ1n) is 15.1. The molecule has 0 aromatic heterocycles. The van der Waals surface area contributed by atoms with Crippen LogP contribution in [0.5, 0.6) is 0 Å². The van der Waals surface area contributed by atoms with Crippen LogP contribution in [0.3, 0.4) is 0 Å². The summed E-state index contributed by atoms with van der Waals surface area (Å²) in [7, 11) is 0. The molecule has 228 valence electrons. The van der Waals surface area contributed by atoms with E-state index in [0.29, 0.717) is 50.2 Å². The summed E-state index contributed by atoms with van der Waals surface area (Å²) >= 11 is 5.94. The van der Waals surface area contributed by atoms with Gasteiger partial charge in [0.05, 0.1) is 0 Å². The van der Waals surface area contributed by atoms with Crippen LogP contribution in [-0.4, -0.2) is 58.5 Å². The van der Waals surface area contributed by atoms with E-state index in [1.54, 1.807) is 37.8 Å². The van der Waals surface area contributed by atoms with E-state index in [2.05, 4.69) is 22.9 Å². The van der Waals surface area contributed by atoms with Gasteiger partial charge in [0.15, 0.2) is 0 Å². The van der Waals surface area contributed by atoms with E-state index < -0.39 is 29.3 Å². The highest BCUT2D eigenvalue weighted by Gasteiger charge is 2.52. The Hall–Kier alpha value is -2.81. The number of benzene rings is 1. The molecule has 10 heteroatoms. The highest BCUT2D eigenvalue weighted by molar-refractivity contribution is 6.30. The lowest BCUT2D eigenvalue weighted by molar-refractivity contribution is -0.141. The van der Waals surface area contributed by atoms with Crippen LogP contribution in [0.25, 0.3) is 0 Å². The van der Waals surface area contributed by atoms with Crippen molar-refractivity contribution in [1.82, 2.24) is 20.9 Å². The molecule has 1 saturated heterocycles. The molecule has 0 radical (unpaired) electrons. The number of carbonyl (C=O) groups is 4. The monoisotopic (exact) mass is 590 g/mol. The second kappa shape index (κ2) is 14.9. The number of ether oxygens (including phenoxy) is 1. The smallest absolute Gasteiger partial charge is 0.408 e. The van der Waals surface area contributed by atoms with Gasteiger partial charge in [0.2, 0.25) is 17.7 Å². The fraction of sp³-hybridized carbons (Fsp3) is 0.677. The van der Waals surface area contributed by atoms with E-state index in [1.807, 2.05) is 12.1 Å². The number of hydrogen-bond acceptors (Lipinski definition) is 5. The lowest BCUT2D eigenvalue weighted by Crippen LogP contribution is -2.57. The van der Waals surface area contributed by atoms with Gasteiger partial charge < -0.3 is 25.6 Å². The number of amides is 4. The zero-order chi connectivity index (χ0) is 30.0. The van der Waals surface area contributed by atoms with Crippen LogP contribution in [0.2, 0.25) is 5.02 Å². The second-order valence-electron chi connectivity index (χ2n) is 12.3. The number of nitrogens with zero attached hydrogens (tertiary/aromatic N) is 1. The van der Waals surface area contributed by atoms with Crippen LogP contribution in [0.4, 0.5) is 4.79 Å². The molecule has 9 nitrogen and oxygen atoms in total. The SMILES string of the molecule is CCCCCCCC[C@H](NC(=O)OC(C)(C)C)C(=O)N1CCC[C@H]1C(=O)NC1(C(=O)NCc2ccc(Cl)cc2)CC1. The number of carbonyl (C=O) groups excluding carboxylic acids is 4. The Kier molecular flexibility index (Phi) is 11.9. The summed E-state index contributed by atoms with van der Waals surface area (Å²) < 4.78 is 5.42. The van der Waals surface area contributed by atoms with Crippen molar-refractivity contribution >= 4 is 35.4 Å². The molecule has 2 aliphatic rings. The Morgan fingerprint density at radius 2 is 1.71 bits per heavy atom. The number of nitrogens with one attached hydrogen (secondary N) is 3. The molecule has 3 rings (SSSR count). The van der Waals surface area contributed by atoms with Gasteiger partial charge in [-0.15, -0.1) is 0 Å². The minimum Gasteiger partial charge on any atom is -0.444 e. The number of rotatable bonds is 14. The third kappa shape index (κ3) is 10.2. The Balaban J connectivity index is 1.60. The largest absolute Gasteiger partial charge is 0.444 e. The van der Waals surface area contributed by atoms with Gasteiger partial charge in [-0.2, -0.15) is 0 Å². The molecule has 41 heavy (non-hydrogen) atoms. The summed E-state index contributed by atoms with van der Waals surface area (Å²) in [6.07, 6.45) is 8.45. The predicted molar refractivity (Wildman–Crippen MR) is 159 cm³/mol. The first kappa shape index (κ1) is 32.7. The molecule has 4 amide bonds. The highest BCUT2D eigenvalue weighted by Crippen LogP contribution is 2.36. The average Bonchev–Trinajstić information content (AvgIpc) is 3.52. The van der Waals surface area contributed by atoms with E-state index in [-0.39, 0.29) is 17.7 Å². The number of unbranched alkanes of at least 4 members (excludes halogenated alkanes) is 5. The molecular weight excluding hydrogens is 544 g/mol. The molecule has 0 unspecified atom stereocenters. The van der Waals surface area contributed by atoms with Crippen molar-refractivity contribution in [1.29, 1.82) is 0 Å². The van der Waals surface area contributed by atoms with Gasteiger partial charge in [-0.3, -0.25) is 14.4 Å². The first-order valence-corrected chi connectivity index (χ1v) is 15.5. The topological polar surface area (TPSA) is 117 Å². The molecule has 1 aromatic carbocycles. The van der Waals surface area contributed by atoms with E-state index in [0.717, 1.165) is 37.7 Å². The fourth-order valence-electron chi connectivity index (χ4n) is 5.15. The van der Waals surface area contributed by atoms with Gasteiger partial charge in [-0.25, -0.2) is 4.79 Å². The van der Waals surface area contributed by atoms with Crippen molar-refractivity contribution in [2.75, 3.05) is 6.54 Å². The zero-order valence-electron chi connectivity index (χ0n) is 25.0. The van der Waals surface area contributed by atoms with Crippen LogP contribution in [-0.2, 0) is 25.7 Å². The highest BCUT2D eigenvalue weighted by atomic mass is 35.5. The van der Waals surface area contributed by atoms with Crippen LogP contribution in [0.15, 0.2) is 24.3 Å². The van der Waals surface area contributed by atoms with Crippen molar-refractivity contribution in [3.05, 3.63) is 34.9 Å². The number of halogens is 1. The summed E-state index contributed by atoms with van der Waals surface area (Å²) in [5, 5.41) is 9.25. The van der Waals surface area contributed by atoms with E-state index in [1.165, 1.54) is 6.42 Å². The first-order chi connectivity index (χ1) is 19.4. The standard InChI is InChI=1S/C31H47ClN4O5/c1-5-6-7-8-9-10-12-24(34-29(40)41-30(2,3)4)27(38)36-20-11-13-25(36)26(37)35-31(18-19-31)28(39)33-21-22-14-16-23(32)17-15-22/h14-17,24-25H,5-13,18-21H2,1-4H3,(H,33,39)(H,34,40)(H,35,37)/t24-,25-/m0/s1. The molecule has 0 bridgehead atoms. The van der Waals surface area contributed by atoms with Crippen LogP contribution < -0.4 is 16.0 Å². The second-order valence-corrected chi connectivity index (χ2v) is 12.8. The number of likely N-dealkylation sites (tertiary alicyclic amines) is 1. The molecule has 3 N–H and O–H groups in total. The number of alkyl carbamates (subject to hydrolysis) is 1. The average molecular weight is 591 g/mol. The molecule has 2 atom stereocenters. The summed E-state index contributed by atoms with van der Waals surface area (Å²) in [5.74, 6) is -0.839. The molecule has 2 fully saturated rings. The van der Waals surface area contributed by atoms with Crippen molar-refractivity contribution in [3.8, 4) is 0 Å². The lowest BCUT2D eigenvalue weighted by atomic mass is 10.0. The third-order valence-corrected chi connectivity index (χ3v) is 7.84. The number of hydrogen-bond donors (Lipinski definition) is 3. The maximum atomic E-state index is 13.7. The van der Waals surface area contributed by atoms with Crippen molar-refractivity contribution in [3.63, 3.8) is 0 Å². The van der Waals surface area contributed by atoms with Gasteiger partial charge in [0.1, 0.15) is 23.2 Å². The fourth-order valence-corrected chi connectivity index (χ4v) is 5.27. The van der Waals surface area contributed by atoms with Crippen LogP contribution in [0.1, 0.15) is 104 Å². The van der Waals surface area contributed by atoms with Gasteiger partial charge in [0.25, 0.3) is 0 Å². The Bertz CT molecular complexity index is 1050. The Labute approximate surface area is 249 Å². The zero-order valence-corrected chi connectivity index (χ0v) is 25.8. The third-order valence-electron chi connectivity index (χ3n) is 7.59.